The first-order valence-electron chi connectivity index (χ1n) is 6.14. The smallest absolute Gasteiger partial charge is 0.319 e. The van der Waals surface area contributed by atoms with Crippen molar-refractivity contribution >= 4 is 11.8 Å². The Morgan fingerprint density at radius 2 is 1.83 bits per heavy atom. The number of hydrogen-bond acceptors (Lipinski definition) is 2. The number of amides is 2. The number of urea groups is 1. The summed E-state index contributed by atoms with van der Waals surface area (Å²) in [4.78, 5) is 23.7. The number of Topliss-reactive ketones (excluding diaryl/α,β-unsaturated/α-hetero) is 1. The van der Waals surface area contributed by atoms with E-state index >= 15 is 0 Å². The normalized spacial score (nSPS) is 23.2. The fourth-order valence-electron chi connectivity index (χ4n) is 2.60. The van der Waals surface area contributed by atoms with Crippen LogP contribution in [0.3, 0.4) is 0 Å². The molecule has 92 valence electrons. The van der Waals surface area contributed by atoms with Gasteiger partial charge in [0, 0.05) is 17.7 Å². The quantitative estimate of drug-likeness (QED) is 0.791. The first-order chi connectivity index (χ1) is 8.75. The Labute approximate surface area is 105 Å². The van der Waals surface area contributed by atoms with E-state index in [0.29, 0.717) is 6.42 Å². The molecule has 0 aromatic heterocycles. The van der Waals surface area contributed by atoms with Crippen molar-refractivity contribution in [3.05, 3.63) is 47.2 Å². The van der Waals surface area contributed by atoms with Crippen molar-refractivity contribution in [1.29, 1.82) is 0 Å². The lowest BCUT2D eigenvalue weighted by Crippen LogP contribution is -2.46. The van der Waals surface area contributed by atoms with Crippen LogP contribution in [-0.4, -0.2) is 11.8 Å². The van der Waals surface area contributed by atoms with E-state index < -0.39 is 0 Å². The van der Waals surface area contributed by atoms with Gasteiger partial charge in [-0.25, -0.2) is 4.79 Å². The zero-order valence-corrected chi connectivity index (χ0v) is 9.90. The average molecular weight is 242 g/mol. The number of carbonyl (C=O) groups is 2. The topological polar surface area (TPSA) is 58.2 Å². The first-order valence-corrected chi connectivity index (χ1v) is 6.14. The lowest BCUT2D eigenvalue weighted by Gasteiger charge is -2.32. The predicted molar refractivity (Wildman–Crippen MR) is 66.7 cm³/mol. The van der Waals surface area contributed by atoms with Gasteiger partial charge >= 0.3 is 6.03 Å². The first kappa shape index (κ1) is 11.0. The fourth-order valence-corrected chi connectivity index (χ4v) is 2.60. The van der Waals surface area contributed by atoms with Crippen molar-refractivity contribution in [2.45, 2.75) is 25.3 Å². The maximum Gasteiger partial charge on any atom is 0.319 e. The van der Waals surface area contributed by atoms with Crippen LogP contribution in [0.1, 0.15) is 30.9 Å². The van der Waals surface area contributed by atoms with Crippen molar-refractivity contribution < 1.29 is 9.59 Å². The number of nitrogens with one attached hydrogen (secondary N) is 2. The third-order valence-corrected chi connectivity index (χ3v) is 3.42. The molecule has 1 aliphatic carbocycles. The maximum absolute atomic E-state index is 12.1. The molecule has 1 heterocycles. The summed E-state index contributed by atoms with van der Waals surface area (Å²) in [6, 6.07) is 9.09. The van der Waals surface area contributed by atoms with Gasteiger partial charge in [0.2, 0.25) is 0 Å². The van der Waals surface area contributed by atoms with Gasteiger partial charge < -0.3 is 10.6 Å². The number of benzene rings is 1. The minimum absolute atomic E-state index is 0.137. The molecule has 1 aromatic carbocycles. The molecule has 1 atom stereocenters. The zero-order valence-electron chi connectivity index (χ0n) is 9.90. The molecule has 2 N–H and O–H groups in total. The van der Waals surface area contributed by atoms with Crippen LogP contribution in [0.4, 0.5) is 4.79 Å². The largest absolute Gasteiger partial charge is 0.327 e. The number of carbonyl (C=O) groups excluding carboxylic acids is 2. The molecule has 4 heteroatoms. The summed E-state index contributed by atoms with van der Waals surface area (Å²) in [5.74, 6) is 0.137. The molecule has 0 bridgehead atoms. The SMILES string of the molecule is O=C1NC2=C(C(=O)CCC2)C(c2ccccc2)N1. The van der Waals surface area contributed by atoms with Gasteiger partial charge in [0.05, 0.1) is 6.04 Å². The maximum atomic E-state index is 12.1. The predicted octanol–water partition coefficient (Wildman–Crippen LogP) is 2.05. The van der Waals surface area contributed by atoms with Gasteiger partial charge in [-0.05, 0) is 18.4 Å². The Morgan fingerprint density at radius 1 is 1.06 bits per heavy atom. The molecule has 0 saturated heterocycles. The van der Waals surface area contributed by atoms with E-state index in [4.69, 9.17) is 0 Å². The Balaban J connectivity index is 2.07. The van der Waals surface area contributed by atoms with Crippen LogP contribution in [0.25, 0.3) is 0 Å². The molecule has 1 aliphatic heterocycles. The summed E-state index contributed by atoms with van der Waals surface area (Å²) in [6.07, 6.45) is 2.16. The van der Waals surface area contributed by atoms with Crippen molar-refractivity contribution in [3.8, 4) is 0 Å². The molecule has 0 fully saturated rings. The molecule has 2 amide bonds. The van der Waals surface area contributed by atoms with Crippen molar-refractivity contribution in [2.24, 2.45) is 0 Å². The molecule has 18 heavy (non-hydrogen) atoms. The fraction of sp³-hybridized carbons (Fsp3) is 0.286. The van der Waals surface area contributed by atoms with Gasteiger partial charge in [0.1, 0.15) is 0 Å². The summed E-state index contributed by atoms with van der Waals surface area (Å²) in [5, 5.41) is 5.59. The highest BCUT2D eigenvalue weighted by molar-refractivity contribution is 6.00. The van der Waals surface area contributed by atoms with Crippen LogP contribution in [0, 0.1) is 0 Å². The molecule has 0 spiro atoms. The van der Waals surface area contributed by atoms with E-state index in [-0.39, 0.29) is 17.9 Å². The zero-order chi connectivity index (χ0) is 12.5. The van der Waals surface area contributed by atoms with Crippen LogP contribution < -0.4 is 10.6 Å². The lowest BCUT2D eigenvalue weighted by molar-refractivity contribution is -0.116. The molecule has 1 aromatic rings. The second kappa shape index (κ2) is 4.29. The monoisotopic (exact) mass is 242 g/mol. The summed E-state index contributed by atoms with van der Waals surface area (Å²) >= 11 is 0. The van der Waals surface area contributed by atoms with Crippen LogP contribution in [-0.2, 0) is 4.79 Å². The van der Waals surface area contributed by atoms with E-state index in [1.54, 1.807) is 0 Å². The van der Waals surface area contributed by atoms with Crippen molar-refractivity contribution in [2.75, 3.05) is 0 Å². The highest BCUT2D eigenvalue weighted by atomic mass is 16.2. The molecule has 1 unspecified atom stereocenters. The highest BCUT2D eigenvalue weighted by Crippen LogP contribution is 2.32. The Hall–Kier alpha value is -2.10. The summed E-state index contributed by atoms with van der Waals surface area (Å²) in [7, 11) is 0. The summed E-state index contributed by atoms with van der Waals surface area (Å²) in [5.41, 5.74) is 2.48. The van der Waals surface area contributed by atoms with E-state index in [0.717, 1.165) is 29.7 Å². The Bertz CT molecular complexity index is 534. The number of ketones is 1. The molecule has 3 rings (SSSR count). The van der Waals surface area contributed by atoms with Gasteiger partial charge in [0.15, 0.2) is 5.78 Å². The molecule has 0 saturated carbocycles. The second-order valence-electron chi connectivity index (χ2n) is 4.61. The highest BCUT2D eigenvalue weighted by Gasteiger charge is 2.33. The molecular weight excluding hydrogens is 228 g/mol. The van der Waals surface area contributed by atoms with Gasteiger partial charge in [-0.3, -0.25) is 4.79 Å². The molecule has 2 aliphatic rings. The third kappa shape index (κ3) is 1.79. The van der Waals surface area contributed by atoms with Crippen LogP contribution in [0.5, 0.6) is 0 Å². The van der Waals surface area contributed by atoms with Crippen LogP contribution in [0.2, 0.25) is 0 Å². The van der Waals surface area contributed by atoms with Crippen LogP contribution >= 0.6 is 0 Å². The Kier molecular flexibility index (Phi) is 2.63. The van der Waals surface area contributed by atoms with Crippen LogP contribution in [0.15, 0.2) is 41.6 Å². The minimum Gasteiger partial charge on any atom is -0.327 e. The summed E-state index contributed by atoms with van der Waals surface area (Å²) < 4.78 is 0. The van der Waals surface area contributed by atoms with E-state index in [2.05, 4.69) is 10.6 Å². The average Bonchev–Trinajstić information content (AvgIpc) is 2.39. The van der Waals surface area contributed by atoms with Gasteiger partial charge in [-0.15, -0.1) is 0 Å². The third-order valence-electron chi connectivity index (χ3n) is 3.42. The molecule has 4 nitrogen and oxygen atoms in total. The van der Waals surface area contributed by atoms with Crippen molar-refractivity contribution in [3.63, 3.8) is 0 Å². The van der Waals surface area contributed by atoms with Gasteiger partial charge in [0.25, 0.3) is 0 Å². The lowest BCUT2D eigenvalue weighted by atomic mass is 9.85. The van der Waals surface area contributed by atoms with E-state index in [1.165, 1.54) is 0 Å². The number of hydrogen-bond donors (Lipinski definition) is 2. The van der Waals surface area contributed by atoms with E-state index in [1.807, 2.05) is 30.3 Å². The number of rotatable bonds is 1. The standard InChI is InChI=1S/C14H14N2O2/c17-11-8-4-7-10-12(11)13(16-14(18)15-10)9-5-2-1-3-6-9/h1-3,5-6,13H,4,7-8H2,(H2,15,16,18). The molecule has 0 radical (unpaired) electrons. The number of allylic oxidation sites excluding steroid dienone is 1. The van der Waals surface area contributed by atoms with Gasteiger partial charge in [-0.2, -0.15) is 0 Å². The summed E-state index contributed by atoms with van der Waals surface area (Å²) in [6.45, 7) is 0. The van der Waals surface area contributed by atoms with Crippen molar-refractivity contribution in [1.82, 2.24) is 10.6 Å². The van der Waals surface area contributed by atoms with E-state index in [9.17, 15) is 9.59 Å². The minimum atomic E-state index is -0.303. The van der Waals surface area contributed by atoms with Gasteiger partial charge in [-0.1, -0.05) is 30.3 Å². The second-order valence-corrected chi connectivity index (χ2v) is 4.61. The Morgan fingerprint density at radius 3 is 2.61 bits per heavy atom. The molecular formula is C14H14N2O2.